The van der Waals surface area contributed by atoms with Gasteiger partial charge in [0.1, 0.15) is 0 Å². The minimum atomic E-state index is 1.01. The molecule has 0 spiro atoms. The fraction of sp³-hybridized carbons (Fsp3) is 0. The molecule has 2 heteroatoms. The molecule has 2 aromatic carbocycles. The zero-order valence-electron chi connectivity index (χ0n) is 9.55. The molecular formula is C16H9NO. The smallest absolute Gasteiger partial charge is 0.180 e. The normalized spacial score (nSPS) is 12.9. The van der Waals surface area contributed by atoms with E-state index >= 15 is 0 Å². The summed E-state index contributed by atoms with van der Waals surface area (Å²) in [6, 6.07) is 14.8. The Morgan fingerprint density at radius 3 is 2.83 bits per heavy atom. The number of hydrogen-bond acceptors (Lipinski definition) is 1. The molecule has 3 heterocycles. The number of benzene rings is 2. The summed E-state index contributed by atoms with van der Waals surface area (Å²) in [5, 5.41) is 5.02. The van der Waals surface area contributed by atoms with Crippen LogP contribution in [0.5, 0.6) is 11.5 Å². The van der Waals surface area contributed by atoms with Crippen LogP contribution in [0.15, 0.2) is 54.9 Å². The Labute approximate surface area is 103 Å². The standard InChI is InChI=1S/C16H9NO/c1-2-4-12-11(3-1)9-17-8-7-10-5-6-13-16(18-13)14(10)15(12)17/h1-9H. The summed E-state index contributed by atoms with van der Waals surface area (Å²) < 4.78 is 7.75. The molecule has 0 fully saturated rings. The van der Waals surface area contributed by atoms with Crippen LogP contribution in [0.4, 0.5) is 0 Å². The molecule has 0 unspecified atom stereocenters. The van der Waals surface area contributed by atoms with Gasteiger partial charge in [-0.1, -0.05) is 30.3 Å². The summed E-state index contributed by atoms with van der Waals surface area (Å²) in [4.78, 5) is 0. The molecule has 18 heavy (non-hydrogen) atoms. The second kappa shape index (κ2) is 2.67. The lowest BCUT2D eigenvalue weighted by atomic mass is 10.1. The Morgan fingerprint density at radius 2 is 1.83 bits per heavy atom. The number of rotatable bonds is 0. The van der Waals surface area contributed by atoms with Crippen LogP contribution in [-0.4, -0.2) is 4.40 Å². The first-order valence-electron chi connectivity index (χ1n) is 6.05. The van der Waals surface area contributed by atoms with Crippen LogP contribution in [0.25, 0.3) is 27.1 Å². The lowest BCUT2D eigenvalue weighted by Gasteiger charge is -1.99. The van der Waals surface area contributed by atoms with Gasteiger partial charge in [-0.2, -0.15) is 0 Å². The van der Waals surface area contributed by atoms with Crippen molar-refractivity contribution in [2.75, 3.05) is 0 Å². The van der Waals surface area contributed by atoms with Gasteiger partial charge < -0.3 is 9.14 Å². The lowest BCUT2D eigenvalue weighted by Crippen LogP contribution is -1.81. The molecule has 0 radical (unpaired) electrons. The van der Waals surface area contributed by atoms with Gasteiger partial charge in [0.15, 0.2) is 11.5 Å². The minimum Gasteiger partial charge on any atom is -0.449 e. The highest BCUT2D eigenvalue weighted by Gasteiger charge is 2.25. The van der Waals surface area contributed by atoms with Crippen molar-refractivity contribution in [3.05, 3.63) is 54.9 Å². The second-order valence-electron chi connectivity index (χ2n) is 4.75. The van der Waals surface area contributed by atoms with Gasteiger partial charge in [0.25, 0.3) is 0 Å². The average Bonchev–Trinajstić information content (AvgIpc) is 3.11. The zero-order valence-corrected chi connectivity index (χ0v) is 9.55. The number of pyridine rings is 1. The van der Waals surface area contributed by atoms with Crippen LogP contribution < -0.4 is 4.74 Å². The van der Waals surface area contributed by atoms with Crippen molar-refractivity contribution in [2.45, 2.75) is 0 Å². The maximum Gasteiger partial charge on any atom is 0.180 e. The van der Waals surface area contributed by atoms with Gasteiger partial charge in [0.2, 0.25) is 0 Å². The van der Waals surface area contributed by atoms with E-state index < -0.39 is 0 Å². The van der Waals surface area contributed by atoms with Crippen molar-refractivity contribution in [2.24, 2.45) is 0 Å². The number of hydrogen-bond donors (Lipinski definition) is 0. The van der Waals surface area contributed by atoms with Gasteiger partial charge in [-0.15, -0.1) is 0 Å². The third kappa shape index (κ3) is 0.900. The number of aromatic nitrogens is 1. The Hall–Kier alpha value is -2.48. The number of fused-ring (bicyclic) bond motifs is 7. The van der Waals surface area contributed by atoms with Gasteiger partial charge in [-0.3, -0.25) is 0 Å². The van der Waals surface area contributed by atoms with Crippen LogP contribution in [-0.2, 0) is 0 Å². The first-order chi connectivity index (χ1) is 8.92. The van der Waals surface area contributed by atoms with E-state index in [4.69, 9.17) is 4.74 Å². The summed E-state index contributed by atoms with van der Waals surface area (Å²) in [7, 11) is 0. The Bertz CT molecular complexity index is 949. The second-order valence-corrected chi connectivity index (χ2v) is 4.75. The van der Waals surface area contributed by atoms with Gasteiger partial charge in [-0.25, -0.2) is 0 Å². The van der Waals surface area contributed by atoms with E-state index in [1.54, 1.807) is 0 Å². The van der Waals surface area contributed by atoms with Crippen LogP contribution >= 0.6 is 0 Å². The van der Waals surface area contributed by atoms with Crippen LogP contribution in [0.3, 0.4) is 0 Å². The van der Waals surface area contributed by atoms with E-state index in [2.05, 4.69) is 53.2 Å². The molecule has 5 rings (SSSR count). The summed E-state index contributed by atoms with van der Waals surface area (Å²) in [6.45, 7) is 0. The predicted molar refractivity (Wildman–Crippen MR) is 72.5 cm³/mol. The minimum absolute atomic E-state index is 1.01. The maximum atomic E-state index is 5.56. The Balaban J connectivity index is 2.18. The summed E-state index contributed by atoms with van der Waals surface area (Å²) in [6.07, 6.45) is 4.29. The molecule has 2 nitrogen and oxygen atoms in total. The van der Waals surface area contributed by atoms with E-state index in [9.17, 15) is 0 Å². The number of ether oxygens (including phenoxy) is 1. The van der Waals surface area contributed by atoms with Crippen molar-refractivity contribution in [3.63, 3.8) is 0 Å². The largest absolute Gasteiger partial charge is 0.449 e. The molecule has 0 atom stereocenters. The quantitative estimate of drug-likeness (QED) is 0.362. The highest BCUT2D eigenvalue weighted by molar-refractivity contribution is 6.15. The molecule has 1 aliphatic rings. The molecule has 2 aromatic heterocycles. The fourth-order valence-electron chi connectivity index (χ4n) is 2.85. The zero-order chi connectivity index (χ0) is 11.7. The van der Waals surface area contributed by atoms with Crippen molar-refractivity contribution >= 4 is 27.1 Å². The van der Waals surface area contributed by atoms with E-state index in [1.807, 2.05) is 6.07 Å². The predicted octanol–water partition coefficient (Wildman–Crippen LogP) is 4.35. The molecule has 0 aliphatic carbocycles. The Kier molecular flexibility index (Phi) is 1.27. The van der Waals surface area contributed by atoms with Crippen molar-refractivity contribution < 1.29 is 4.74 Å². The highest BCUT2D eigenvalue weighted by Crippen LogP contribution is 2.52. The van der Waals surface area contributed by atoms with E-state index in [1.165, 1.54) is 27.1 Å². The molecule has 1 aliphatic heterocycles. The molecule has 0 bridgehead atoms. The third-order valence-electron chi connectivity index (χ3n) is 3.73. The molecule has 0 amide bonds. The lowest BCUT2D eigenvalue weighted by molar-refractivity contribution is 0.653. The van der Waals surface area contributed by atoms with Gasteiger partial charge in [-0.05, 0) is 17.5 Å². The maximum absolute atomic E-state index is 5.56. The first kappa shape index (κ1) is 8.59. The van der Waals surface area contributed by atoms with E-state index in [0.717, 1.165) is 11.5 Å². The van der Waals surface area contributed by atoms with E-state index in [0.29, 0.717) is 0 Å². The number of nitrogens with zero attached hydrogens (tertiary/aromatic N) is 1. The molecule has 84 valence electrons. The first-order valence-corrected chi connectivity index (χ1v) is 6.05. The summed E-state index contributed by atoms with van der Waals surface area (Å²) in [5.41, 5.74) is 1.25. The molecule has 0 N–H and O–H groups in total. The third-order valence-corrected chi connectivity index (χ3v) is 3.73. The van der Waals surface area contributed by atoms with Crippen LogP contribution in [0.2, 0.25) is 0 Å². The van der Waals surface area contributed by atoms with Gasteiger partial charge in [0.05, 0.1) is 10.9 Å². The van der Waals surface area contributed by atoms with Crippen molar-refractivity contribution in [1.82, 2.24) is 4.40 Å². The SMILES string of the molecule is c1ccc2c(c1)cn1ccc3ccc4c(c3c21)O4. The van der Waals surface area contributed by atoms with Crippen LogP contribution in [0, 0.1) is 0 Å². The van der Waals surface area contributed by atoms with E-state index in [-0.39, 0.29) is 0 Å². The molecule has 0 saturated heterocycles. The van der Waals surface area contributed by atoms with Crippen molar-refractivity contribution in [1.29, 1.82) is 0 Å². The summed E-state index contributed by atoms with van der Waals surface area (Å²) in [5.74, 6) is 2.06. The van der Waals surface area contributed by atoms with Gasteiger partial charge in [0, 0.05) is 23.2 Å². The Morgan fingerprint density at radius 1 is 0.889 bits per heavy atom. The summed E-state index contributed by atoms with van der Waals surface area (Å²) >= 11 is 0. The van der Waals surface area contributed by atoms with Crippen LogP contribution in [0.1, 0.15) is 0 Å². The average molecular weight is 231 g/mol. The fourth-order valence-corrected chi connectivity index (χ4v) is 2.85. The molecular weight excluding hydrogens is 222 g/mol. The monoisotopic (exact) mass is 231 g/mol. The molecule has 0 saturated carbocycles. The molecule has 4 aromatic rings. The topological polar surface area (TPSA) is 16.9 Å². The highest BCUT2D eigenvalue weighted by atomic mass is 16.6. The van der Waals surface area contributed by atoms with Crippen molar-refractivity contribution in [3.8, 4) is 11.5 Å². The van der Waals surface area contributed by atoms with Gasteiger partial charge >= 0.3 is 0 Å².